The van der Waals surface area contributed by atoms with Crippen LogP contribution in [0.25, 0.3) is 0 Å². The Kier molecular flexibility index (Phi) is 7.64. The monoisotopic (exact) mass is 716 g/mol. The average molecular weight is 717 g/mol. The van der Waals surface area contributed by atoms with E-state index in [0.29, 0.717) is 0 Å². The Hall–Kier alpha value is -3.91. The highest BCUT2D eigenvalue weighted by Gasteiger charge is 2.77. The number of hydrogen-bond donors (Lipinski definition) is 1. The molecule has 4 aliphatic rings. The van der Waals surface area contributed by atoms with Gasteiger partial charge in [-0.2, -0.15) is 0 Å². The van der Waals surface area contributed by atoms with Crippen LogP contribution in [0.2, 0.25) is 0 Å². The summed E-state index contributed by atoms with van der Waals surface area (Å²) in [5.41, 5.74) is -2.95. The summed E-state index contributed by atoms with van der Waals surface area (Å²) in [5.74, 6) is -22.4. The molecule has 2 aromatic rings. The zero-order valence-electron chi connectivity index (χ0n) is 25.9. The Labute approximate surface area is 280 Å². The third-order valence-corrected chi connectivity index (χ3v) is 11.1. The molecule has 0 radical (unpaired) electrons. The smallest absolute Gasteiger partial charge is 0.258 e. The van der Waals surface area contributed by atoms with E-state index in [9.17, 15) is 37.5 Å². The van der Waals surface area contributed by atoms with E-state index in [1.807, 2.05) is 0 Å². The van der Waals surface area contributed by atoms with E-state index in [-0.39, 0.29) is 34.0 Å². The van der Waals surface area contributed by atoms with Gasteiger partial charge in [0.05, 0.1) is 26.1 Å². The number of allylic oxidation sites excluding steroid dienone is 2. The van der Waals surface area contributed by atoms with Gasteiger partial charge in [-0.15, -0.1) is 23.2 Å². The lowest BCUT2D eigenvalue weighted by atomic mass is 9.56. The molecule has 0 spiro atoms. The Morgan fingerprint density at radius 3 is 1.98 bits per heavy atom. The van der Waals surface area contributed by atoms with Crippen molar-refractivity contribution >= 4 is 52.5 Å². The number of hydrogen-bond acceptors (Lipinski definition) is 7. The maximum Gasteiger partial charge on any atom is 0.258 e. The maximum atomic E-state index is 15.2. The summed E-state index contributed by atoms with van der Waals surface area (Å²) in [6.45, 7) is 4.94. The summed E-state index contributed by atoms with van der Waals surface area (Å²) in [5, 5.41) is 11.4. The number of benzene rings is 2. The second-order valence-electron chi connectivity index (χ2n) is 13.1. The number of amides is 4. The molecule has 0 unspecified atom stereocenters. The van der Waals surface area contributed by atoms with Gasteiger partial charge < -0.3 is 14.6 Å². The van der Waals surface area contributed by atoms with Crippen molar-refractivity contribution in [1.29, 1.82) is 0 Å². The molecule has 1 saturated carbocycles. The molecule has 48 heavy (non-hydrogen) atoms. The van der Waals surface area contributed by atoms with Crippen LogP contribution in [0, 0.1) is 46.8 Å². The summed E-state index contributed by atoms with van der Waals surface area (Å²) in [4.78, 5) is 51.5. The standard InChI is InChI=1S/C32H27Cl2F5N2O7/c1-30(2,3)41-26(43)13-7-6-12-14(17(13)27(41)44)10-31(33)28(45)40(25-23(38)21(36)20(35)22(37)24(25)39)29(46)32(31,34)19(12)18-15(42)8-11(47-4)9-16(18)48-5/h6,8-9,13-14,17,19,42H,7,10H2,1-5H3/t13-,14+,17-,19+,31+,32-/m0/s1. The predicted molar refractivity (Wildman–Crippen MR) is 159 cm³/mol. The van der Waals surface area contributed by atoms with E-state index in [2.05, 4.69) is 0 Å². The van der Waals surface area contributed by atoms with Gasteiger partial charge in [0, 0.05) is 29.2 Å². The van der Waals surface area contributed by atoms with Crippen molar-refractivity contribution < 1.29 is 55.7 Å². The normalized spacial score (nSPS) is 30.0. The van der Waals surface area contributed by atoms with Crippen LogP contribution in [0.4, 0.5) is 27.6 Å². The quantitative estimate of drug-likeness (QED) is 0.112. The number of phenolic OH excluding ortho intramolecular Hbond substituents is 1. The number of alkyl halides is 2. The minimum Gasteiger partial charge on any atom is -0.507 e. The lowest BCUT2D eigenvalue weighted by Crippen LogP contribution is -2.60. The van der Waals surface area contributed by atoms with Crippen molar-refractivity contribution in [3.05, 3.63) is 58.4 Å². The molecule has 6 rings (SSSR count). The van der Waals surface area contributed by atoms with Crippen molar-refractivity contribution in [1.82, 2.24) is 4.90 Å². The lowest BCUT2D eigenvalue weighted by molar-refractivity contribution is -0.145. The number of imide groups is 2. The molecule has 9 nitrogen and oxygen atoms in total. The molecule has 2 aliphatic heterocycles. The molecule has 4 amide bonds. The number of methoxy groups -OCH3 is 2. The molecular weight excluding hydrogens is 690 g/mol. The Morgan fingerprint density at radius 2 is 1.44 bits per heavy atom. The third kappa shape index (κ3) is 4.14. The molecule has 6 atom stereocenters. The van der Waals surface area contributed by atoms with Crippen LogP contribution in [-0.2, 0) is 19.2 Å². The van der Waals surface area contributed by atoms with Crippen molar-refractivity contribution in [2.45, 2.75) is 54.8 Å². The molecule has 0 bridgehead atoms. The molecule has 2 aliphatic carbocycles. The Bertz CT molecular complexity index is 1850. The highest BCUT2D eigenvalue weighted by Crippen LogP contribution is 2.67. The van der Waals surface area contributed by atoms with Gasteiger partial charge in [-0.3, -0.25) is 24.1 Å². The minimum absolute atomic E-state index is 0.0465. The topological polar surface area (TPSA) is 113 Å². The average Bonchev–Trinajstić information content (AvgIpc) is 3.37. The second kappa shape index (κ2) is 10.8. The zero-order valence-corrected chi connectivity index (χ0v) is 27.4. The fraction of sp³-hybridized carbons (Fsp3) is 0.438. The van der Waals surface area contributed by atoms with Crippen molar-refractivity contribution in [2.75, 3.05) is 19.1 Å². The first-order valence-electron chi connectivity index (χ1n) is 14.6. The molecule has 2 aromatic carbocycles. The molecule has 2 heterocycles. The second-order valence-corrected chi connectivity index (χ2v) is 14.4. The SMILES string of the molecule is COc1cc(O)c([C@H]2C3=CC[C@@H]4C(=O)N(C(C)(C)C)C(=O)[C@@H]4[C@@H]3C[C@@]3(Cl)C(=O)N(c4c(F)c(F)c(F)c(F)c4F)C(=O)[C@@]23Cl)c(OC)c1. The molecule has 16 heteroatoms. The maximum absolute atomic E-state index is 15.2. The van der Waals surface area contributed by atoms with Crippen molar-refractivity contribution in [3.63, 3.8) is 0 Å². The van der Waals surface area contributed by atoms with Crippen LogP contribution in [0.15, 0.2) is 23.8 Å². The van der Waals surface area contributed by atoms with E-state index >= 15 is 8.78 Å². The van der Waals surface area contributed by atoms with E-state index < -0.39 is 110 Å². The molecule has 2 saturated heterocycles. The first-order valence-corrected chi connectivity index (χ1v) is 15.4. The van der Waals surface area contributed by atoms with Crippen LogP contribution < -0.4 is 14.4 Å². The summed E-state index contributed by atoms with van der Waals surface area (Å²) in [6.07, 6.45) is 0.805. The van der Waals surface area contributed by atoms with Gasteiger partial charge in [0.25, 0.3) is 11.8 Å². The number of rotatable bonds is 4. The number of fused-ring (bicyclic) bond motifs is 4. The molecular formula is C32H27Cl2F5N2O7. The van der Waals surface area contributed by atoms with Crippen LogP contribution in [-0.4, -0.2) is 63.1 Å². The van der Waals surface area contributed by atoms with Gasteiger partial charge in [0.1, 0.15) is 22.9 Å². The summed E-state index contributed by atoms with van der Waals surface area (Å²) in [6, 6.07) is 2.42. The van der Waals surface area contributed by atoms with Crippen molar-refractivity contribution in [2.24, 2.45) is 17.8 Å². The third-order valence-electron chi connectivity index (χ3n) is 9.73. The number of carbonyl (C=O) groups excluding carboxylic acids is 4. The Balaban J connectivity index is 1.65. The van der Waals surface area contributed by atoms with Gasteiger partial charge in [0.15, 0.2) is 33.0 Å². The number of anilines is 1. The fourth-order valence-corrected chi connectivity index (χ4v) is 8.63. The first-order chi connectivity index (χ1) is 22.3. The highest BCUT2D eigenvalue weighted by molar-refractivity contribution is 6.58. The van der Waals surface area contributed by atoms with Crippen LogP contribution in [0.3, 0.4) is 0 Å². The van der Waals surface area contributed by atoms with Crippen LogP contribution in [0.5, 0.6) is 17.2 Å². The molecule has 3 fully saturated rings. The van der Waals surface area contributed by atoms with Gasteiger partial charge in [0.2, 0.25) is 17.6 Å². The van der Waals surface area contributed by atoms with Gasteiger partial charge >= 0.3 is 0 Å². The first kappa shape index (κ1) is 34.0. The summed E-state index contributed by atoms with van der Waals surface area (Å²) >= 11 is 14.2. The predicted octanol–water partition coefficient (Wildman–Crippen LogP) is 5.47. The van der Waals surface area contributed by atoms with E-state index in [1.54, 1.807) is 20.8 Å². The fourth-order valence-electron chi connectivity index (χ4n) is 7.71. The number of aromatic hydroxyl groups is 1. The highest BCUT2D eigenvalue weighted by atomic mass is 35.5. The molecule has 1 N–H and O–H groups in total. The number of nitrogens with zero attached hydrogens (tertiary/aromatic N) is 2. The summed E-state index contributed by atoms with van der Waals surface area (Å²) < 4.78 is 84.0. The molecule has 256 valence electrons. The number of halogens is 7. The zero-order chi connectivity index (χ0) is 35.6. The number of phenols is 1. The van der Waals surface area contributed by atoms with Crippen molar-refractivity contribution in [3.8, 4) is 17.2 Å². The van der Waals surface area contributed by atoms with Gasteiger partial charge in [-0.25, -0.2) is 26.9 Å². The van der Waals surface area contributed by atoms with Crippen LogP contribution >= 0.6 is 23.2 Å². The summed E-state index contributed by atoms with van der Waals surface area (Å²) in [7, 11) is 2.48. The Morgan fingerprint density at radius 1 is 0.854 bits per heavy atom. The molecule has 0 aromatic heterocycles. The number of carbonyl (C=O) groups is 4. The van der Waals surface area contributed by atoms with E-state index in [0.717, 1.165) is 11.0 Å². The largest absolute Gasteiger partial charge is 0.507 e. The van der Waals surface area contributed by atoms with Gasteiger partial charge in [-0.1, -0.05) is 11.6 Å². The van der Waals surface area contributed by atoms with Gasteiger partial charge in [-0.05, 0) is 39.5 Å². The lowest BCUT2D eigenvalue weighted by Gasteiger charge is -2.51. The minimum atomic E-state index is -2.82. The number of ether oxygens (including phenoxy) is 2. The van der Waals surface area contributed by atoms with E-state index in [4.69, 9.17) is 32.7 Å². The number of likely N-dealkylation sites (tertiary alicyclic amines) is 1. The van der Waals surface area contributed by atoms with E-state index in [1.165, 1.54) is 26.4 Å². The van der Waals surface area contributed by atoms with Crippen LogP contribution in [0.1, 0.15) is 45.1 Å².